The van der Waals surface area contributed by atoms with Crippen LogP contribution in [0.5, 0.6) is 11.5 Å². The minimum absolute atomic E-state index is 0.0518. The Balaban J connectivity index is 1.59. The quantitative estimate of drug-likeness (QED) is 0.577. The molecule has 1 aromatic carbocycles. The number of rotatable bonds is 4. The van der Waals surface area contributed by atoms with Crippen LogP contribution in [-0.4, -0.2) is 76.7 Å². The van der Waals surface area contributed by atoms with Gasteiger partial charge in [0.2, 0.25) is 0 Å². The van der Waals surface area contributed by atoms with Gasteiger partial charge >= 0.3 is 6.18 Å². The number of piperazine rings is 1. The van der Waals surface area contributed by atoms with Crippen LogP contribution in [0.25, 0.3) is 16.9 Å². The first-order valence-corrected chi connectivity index (χ1v) is 11.0. The zero-order valence-electron chi connectivity index (χ0n) is 18.8. The molecule has 0 bridgehead atoms. The Hall–Kier alpha value is -3.34. The van der Waals surface area contributed by atoms with Crippen molar-refractivity contribution < 1.29 is 27.4 Å². The summed E-state index contributed by atoms with van der Waals surface area (Å²) in [5.41, 5.74) is -0.638. The van der Waals surface area contributed by atoms with Crippen LogP contribution in [0.4, 0.5) is 13.2 Å². The van der Waals surface area contributed by atoms with Crippen LogP contribution in [0.2, 0.25) is 0 Å². The molecule has 1 amide bonds. The van der Waals surface area contributed by atoms with Gasteiger partial charge in [0.25, 0.3) is 5.91 Å². The number of alkyl halides is 3. The summed E-state index contributed by atoms with van der Waals surface area (Å²) >= 11 is 0. The Kier molecular flexibility index (Phi) is 5.59. The van der Waals surface area contributed by atoms with E-state index in [4.69, 9.17) is 9.47 Å². The highest BCUT2D eigenvalue weighted by Gasteiger charge is 2.37. The average molecular weight is 475 g/mol. The van der Waals surface area contributed by atoms with Gasteiger partial charge in [-0.2, -0.15) is 18.3 Å². The van der Waals surface area contributed by atoms with Crippen molar-refractivity contribution >= 4 is 11.6 Å². The highest BCUT2D eigenvalue weighted by molar-refractivity contribution is 6.00. The third-order valence-corrected chi connectivity index (χ3v) is 6.55. The molecule has 0 unspecified atom stereocenters. The summed E-state index contributed by atoms with van der Waals surface area (Å²) in [5, 5.41) is 3.89. The number of carbonyl (C=O) groups excluding carboxylic acids is 1. The lowest BCUT2D eigenvalue weighted by atomic mass is 10.1. The van der Waals surface area contributed by atoms with Crippen molar-refractivity contribution in [1.29, 1.82) is 0 Å². The molecule has 180 valence electrons. The summed E-state index contributed by atoms with van der Waals surface area (Å²) in [6.45, 7) is 2.86. The van der Waals surface area contributed by atoms with Crippen LogP contribution >= 0.6 is 0 Å². The van der Waals surface area contributed by atoms with Crippen LogP contribution in [0, 0.1) is 0 Å². The summed E-state index contributed by atoms with van der Waals surface area (Å²) in [4.78, 5) is 21.8. The molecule has 2 fully saturated rings. The third-order valence-electron chi connectivity index (χ3n) is 6.55. The van der Waals surface area contributed by atoms with Crippen molar-refractivity contribution in [3.8, 4) is 22.8 Å². The van der Waals surface area contributed by atoms with Crippen LogP contribution < -0.4 is 9.47 Å². The lowest BCUT2D eigenvalue weighted by Gasteiger charge is -2.37. The fraction of sp³-hybridized carbons (Fsp3) is 0.435. The second kappa shape index (κ2) is 8.46. The van der Waals surface area contributed by atoms with E-state index in [1.807, 2.05) is 0 Å². The highest BCUT2D eigenvalue weighted by Crippen LogP contribution is 2.36. The van der Waals surface area contributed by atoms with Crippen LogP contribution in [0.15, 0.2) is 30.5 Å². The number of amides is 1. The molecule has 34 heavy (non-hydrogen) atoms. The van der Waals surface area contributed by atoms with Gasteiger partial charge in [0, 0.05) is 31.2 Å². The zero-order valence-corrected chi connectivity index (χ0v) is 18.8. The number of methoxy groups -OCH3 is 2. The van der Waals surface area contributed by atoms with Crippen molar-refractivity contribution in [2.75, 3.05) is 40.4 Å². The minimum atomic E-state index is -4.70. The van der Waals surface area contributed by atoms with E-state index in [0.717, 1.165) is 32.0 Å². The standard InChI is InChI=1S/C23H24F3N5O3/c1-33-18-6-5-14(10-19(18)34-2)17-11-20(23(24,25)26)31-21(28-17)16(12-27-31)22(32)30-9-8-29-7-3-4-15(29)13-30/h5-6,10-12,15H,3-4,7-9,13H2,1-2H3/t15-/m0/s1. The molecular formula is C23H24F3N5O3. The Morgan fingerprint density at radius 3 is 2.62 bits per heavy atom. The van der Waals surface area contributed by atoms with Gasteiger partial charge in [-0.15, -0.1) is 0 Å². The molecule has 3 aromatic rings. The molecule has 1 atom stereocenters. The molecule has 0 N–H and O–H groups in total. The maximum atomic E-state index is 14.0. The average Bonchev–Trinajstić information content (AvgIpc) is 3.48. The molecule has 0 saturated carbocycles. The van der Waals surface area contributed by atoms with Crippen molar-refractivity contribution in [2.24, 2.45) is 0 Å². The SMILES string of the molecule is COc1ccc(-c2cc(C(F)(F)F)n3ncc(C(=O)N4CCN5CCC[C@H]5C4)c3n2)cc1OC. The van der Waals surface area contributed by atoms with E-state index in [2.05, 4.69) is 15.0 Å². The van der Waals surface area contributed by atoms with Crippen LogP contribution in [0.1, 0.15) is 28.9 Å². The Morgan fingerprint density at radius 2 is 1.88 bits per heavy atom. The van der Waals surface area contributed by atoms with E-state index in [-0.39, 0.29) is 22.8 Å². The maximum Gasteiger partial charge on any atom is 0.433 e. The number of hydrogen-bond donors (Lipinski definition) is 0. The molecule has 2 aliphatic heterocycles. The number of ether oxygens (including phenoxy) is 2. The normalized spacial score (nSPS) is 18.9. The van der Waals surface area contributed by atoms with Gasteiger partial charge in [0.15, 0.2) is 22.8 Å². The number of nitrogens with zero attached hydrogens (tertiary/aromatic N) is 5. The maximum absolute atomic E-state index is 14.0. The summed E-state index contributed by atoms with van der Waals surface area (Å²) in [6, 6.07) is 5.96. The van der Waals surface area contributed by atoms with Gasteiger partial charge in [-0.25, -0.2) is 9.50 Å². The number of benzene rings is 1. The fourth-order valence-electron chi connectivity index (χ4n) is 4.81. The van der Waals surface area contributed by atoms with E-state index in [1.54, 1.807) is 23.1 Å². The van der Waals surface area contributed by atoms with Crippen molar-refractivity contribution in [3.63, 3.8) is 0 Å². The second-order valence-corrected chi connectivity index (χ2v) is 8.47. The van der Waals surface area contributed by atoms with Crippen LogP contribution in [-0.2, 0) is 6.18 Å². The first kappa shape index (κ1) is 22.5. The highest BCUT2D eigenvalue weighted by atomic mass is 19.4. The number of carbonyl (C=O) groups is 1. The fourth-order valence-corrected chi connectivity index (χ4v) is 4.81. The number of halogens is 3. The van der Waals surface area contributed by atoms with Gasteiger partial charge in [-0.3, -0.25) is 9.69 Å². The molecule has 4 heterocycles. The van der Waals surface area contributed by atoms with Gasteiger partial charge in [-0.1, -0.05) is 0 Å². The monoisotopic (exact) mass is 475 g/mol. The molecule has 0 radical (unpaired) electrons. The van der Waals surface area contributed by atoms with Crippen LogP contribution in [0.3, 0.4) is 0 Å². The molecule has 11 heteroatoms. The topological polar surface area (TPSA) is 72.2 Å². The molecule has 2 saturated heterocycles. The summed E-state index contributed by atoms with van der Waals surface area (Å²) < 4.78 is 53.1. The van der Waals surface area contributed by atoms with Crippen molar-refractivity contribution in [2.45, 2.75) is 25.1 Å². The Labute approximate surface area is 193 Å². The smallest absolute Gasteiger partial charge is 0.433 e. The van der Waals surface area contributed by atoms with E-state index >= 15 is 0 Å². The molecule has 0 spiro atoms. The van der Waals surface area contributed by atoms with E-state index in [1.165, 1.54) is 20.4 Å². The first-order valence-electron chi connectivity index (χ1n) is 11.0. The largest absolute Gasteiger partial charge is 0.493 e. The molecular weight excluding hydrogens is 451 g/mol. The number of fused-ring (bicyclic) bond motifs is 2. The third kappa shape index (κ3) is 3.83. The van der Waals surface area contributed by atoms with Crippen molar-refractivity contribution in [1.82, 2.24) is 24.4 Å². The Morgan fingerprint density at radius 1 is 1.09 bits per heavy atom. The van der Waals surface area contributed by atoms with Gasteiger partial charge in [0.05, 0.1) is 26.1 Å². The minimum Gasteiger partial charge on any atom is -0.493 e. The van der Waals surface area contributed by atoms with Crippen molar-refractivity contribution in [3.05, 3.63) is 41.7 Å². The molecule has 2 aliphatic rings. The lowest BCUT2D eigenvalue weighted by Crippen LogP contribution is -2.52. The van der Waals surface area contributed by atoms with Gasteiger partial charge < -0.3 is 14.4 Å². The van der Waals surface area contributed by atoms with E-state index in [0.29, 0.717) is 40.7 Å². The predicted molar refractivity (Wildman–Crippen MR) is 117 cm³/mol. The molecule has 8 nitrogen and oxygen atoms in total. The first-order chi connectivity index (χ1) is 16.3. The van der Waals surface area contributed by atoms with E-state index < -0.39 is 11.9 Å². The molecule has 5 rings (SSSR count). The van der Waals surface area contributed by atoms with Gasteiger partial charge in [0.1, 0.15) is 5.56 Å². The second-order valence-electron chi connectivity index (χ2n) is 8.47. The summed E-state index contributed by atoms with van der Waals surface area (Å²) in [6.07, 6.45) is -1.42. The summed E-state index contributed by atoms with van der Waals surface area (Å²) in [7, 11) is 2.91. The van der Waals surface area contributed by atoms with E-state index in [9.17, 15) is 18.0 Å². The Bertz CT molecular complexity index is 1240. The van der Waals surface area contributed by atoms with Gasteiger partial charge in [-0.05, 0) is 43.7 Å². The predicted octanol–water partition coefficient (Wildman–Crippen LogP) is 3.35. The number of hydrogen-bond acceptors (Lipinski definition) is 6. The lowest BCUT2D eigenvalue weighted by molar-refractivity contribution is -0.142. The summed E-state index contributed by atoms with van der Waals surface area (Å²) in [5.74, 6) is 0.441. The zero-order chi connectivity index (χ0) is 24.0. The molecule has 2 aromatic heterocycles. The molecule has 0 aliphatic carbocycles. The number of aromatic nitrogens is 3.